The third-order valence-corrected chi connectivity index (χ3v) is 4.47. The van der Waals surface area contributed by atoms with Crippen LogP contribution in [0.15, 0.2) is 22.6 Å². The number of alkyl halides is 3. The van der Waals surface area contributed by atoms with E-state index in [1.807, 2.05) is 0 Å². The van der Waals surface area contributed by atoms with E-state index in [2.05, 4.69) is 20.0 Å². The summed E-state index contributed by atoms with van der Waals surface area (Å²) in [5.41, 5.74) is 0.482. The molecule has 1 saturated heterocycles. The number of anilines is 1. The van der Waals surface area contributed by atoms with Gasteiger partial charge in [-0.05, 0) is 18.2 Å². The lowest BCUT2D eigenvalue weighted by Crippen LogP contribution is -2.39. The number of nitrogens with one attached hydrogen (secondary N) is 2. The summed E-state index contributed by atoms with van der Waals surface area (Å²) in [6, 6.07) is 4.34. The Morgan fingerprint density at radius 3 is 2.92 bits per heavy atom. The van der Waals surface area contributed by atoms with Gasteiger partial charge in [-0.3, -0.25) is 4.79 Å². The first-order valence-electron chi connectivity index (χ1n) is 7.00. The Labute approximate surface area is 146 Å². The van der Waals surface area contributed by atoms with Crippen LogP contribution >= 0.6 is 24.2 Å². The first kappa shape index (κ1) is 18.9. The fourth-order valence-electron chi connectivity index (χ4n) is 2.31. The van der Waals surface area contributed by atoms with E-state index in [0.717, 1.165) is 18.1 Å². The summed E-state index contributed by atoms with van der Waals surface area (Å²) in [4.78, 5) is 15.4. The molecule has 1 aromatic carbocycles. The van der Waals surface area contributed by atoms with Gasteiger partial charge >= 0.3 is 12.1 Å². The number of carbonyl (C=O) groups excluding carboxylic acids is 1. The molecule has 0 radical (unpaired) electrons. The Hall–Kier alpha value is -1.45. The van der Waals surface area contributed by atoms with Gasteiger partial charge in [0.05, 0.1) is 0 Å². The van der Waals surface area contributed by atoms with Gasteiger partial charge in [0.15, 0.2) is 5.58 Å². The quantitative estimate of drug-likeness (QED) is 0.853. The largest absolute Gasteiger partial charge is 0.468 e. The predicted octanol–water partition coefficient (Wildman–Crippen LogP) is 3.30. The van der Waals surface area contributed by atoms with Crippen molar-refractivity contribution in [3.63, 3.8) is 0 Å². The van der Waals surface area contributed by atoms with Crippen LogP contribution in [-0.4, -0.2) is 35.0 Å². The zero-order valence-electron chi connectivity index (χ0n) is 12.4. The Balaban J connectivity index is 0.00000208. The number of halogens is 4. The molecule has 2 heterocycles. The SMILES string of the molecule is Cl.O=C(CC1CSCCN1)Nc1ccc2oc(C(F)(F)F)nc2c1. The average Bonchev–Trinajstić information content (AvgIpc) is 2.91. The number of hydrogen-bond acceptors (Lipinski definition) is 5. The summed E-state index contributed by atoms with van der Waals surface area (Å²) >= 11 is 1.79. The van der Waals surface area contributed by atoms with E-state index < -0.39 is 12.1 Å². The normalized spacial score (nSPS) is 18.2. The van der Waals surface area contributed by atoms with Gasteiger partial charge in [-0.15, -0.1) is 12.4 Å². The van der Waals surface area contributed by atoms with Crippen molar-refractivity contribution in [1.29, 1.82) is 0 Å². The monoisotopic (exact) mass is 381 g/mol. The second kappa shape index (κ2) is 7.62. The van der Waals surface area contributed by atoms with E-state index in [1.54, 1.807) is 11.8 Å². The highest BCUT2D eigenvalue weighted by molar-refractivity contribution is 7.99. The second-order valence-corrected chi connectivity index (χ2v) is 6.33. The van der Waals surface area contributed by atoms with Crippen molar-refractivity contribution in [1.82, 2.24) is 10.3 Å². The summed E-state index contributed by atoms with van der Waals surface area (Å²) in [6.07, 6.45) is -4.32. The number of thioether (sulfide) groups is 1. The molecule has 5 nitrogen and oxygen atoms in total. The van der Waals surface area contributed by atoms with Crippen molar-refractivity contribution >= 4 is 46.9 Å². The fourth-order valence-corrected chi connectivity index (χ4v) is 3.26. The Kier molecular flexibility index (Phi) is 6.00. The number of fused-ring (bicyclic) bond motifs is 1. The van der Waals surface area contributed by atoms with Crippen molar-refractivity contribution in [3.8, 4) is 0 Å². The lowest BCUT2D eigenvalue weighted by Gasteiger charge is -2.22. The Morgan fingerprint density at radius 1 is 1.46 bits per heavy atom. The van der Waals surface area contributed by atoms with Crippen LogP contribution in [0.2, 0.25) is 0 Å². The van der Waals surface area contributed by atoms with Crippen LogP contribution in [0.4, 0.5) is 18.9 Å². The second-order valence-electron chi connectivity index (χ2n) is 5.18. The number of hydrogen-bond donors (Lipinski definition) is 2. The van der Waals surface area contributed by atoms with Crippen LogP contribution in [-0.2, 0) is 11.0 Å². The van der Waals surface area contributed by atoms with Crippen molar-refractivity contribution in [2.45, 2.75) is 18.6 Å². The predicted molar refractivity (Wildman–Crippen MR) is 88.6 cm³/mol. The van der Waals surface area contributed by atoms with Gasteiger partial charge in [0.2, 0.25) is 5.91 Å². The van der Waals surface area contributed by atoms with Gasteiger partial charge in [0, 0.05) is 36.2 Å². The standard InChI is InChI=1S/C14H14F3N3O2S.ClH/c15-14(16,17)13-20-10-5-8(1-2-11(10)22-13)19-12(21)6-9-7-23-4-3-18-9;/h1-2,5,9,18H,3-4,6-7H2,(H,19,21);1H. The minimum Gasteiger partial charge on any atom is -0.433 e. The summed E-state index contributed by atoms with van der Waals surface area (Å²) in [7, 11) is 0. The molecule has 3 rings (SSSR count). The number of oxazole rings is 1. The molecule has 2 aromatic rings. The molecule has 1 fully saturated rings. The molecule has 1 aromatic heterocycles. The summed E-state index contributed by atoms with van der Waals surface area (Å²) in [5, 5.41) is 5.93. The van der Waals surface area contributed by atoms with Gasteiger partial charge in [0.1, 0.15) is 5.52 Å². The molecule has 2 N–H and O–H groups in total. The van der Waals surface area contributed by atoms with Crippen LogP contribution in [0.1, 0.15) is 12.3 Å². The highest BCUT2D eigenvalue weighted by Gasteiger charge is 2.37. The molecule has 24 heavy (non-hydrogen) atoms. The molecule has 1 amide bonds. The first-order chi connectivity index (χ1) is 10.9. The molecule has 0 spiro atoms. The molecule has 1 aliphatic rings. The van der Waals surface area contributed by atoms with E-state index in [0.29, 0.717) is 12.1 Å². The molecule has 1 atom stereocenters. The van der Waals surface area contributed by atoms with E-state index >= 15 is 0 Å². The highest BCUT2D eigenvalue weighted by Crippen LogP contribution is 2.31. The van der Waals surface area contributed by atoms with Gasteiger partial charge < -0.3 is 15.1 Å². The Bertz CT molecular complexity index is 717. The molecular weight excluding hydrogens is 367 g/mol. The number of benzene rings is 1. The van der Waals surface area contributed by atoms with Gasteiger partial charge in [-0.1, -0.05) is 0 Å². The van der Waals surface area contributed by atoms with Crippen LogP contribution in [0.5, 0.6) is 0 Å². The van der Waals surface area contributed by atoms with E-state index in [-0.39, 0.29) is 35.5 Å². The molecule has 1 aliphatic heterocycles. The van der Waals surface area contributed by atoms with Crippen LogP contribution in [0, 0.1) is 0 Å². The molecule has 10 heteroatoms. The van der Waals surface area contributed by atoms with Crippen molar-refractivity contribution in [3.05, 3.63) is 24.1 Å². The zero-order chi connectivity index (χ0) is 16.4. The molecule has 132 valence electrons. The molecule has 0 bridgehead atoms. The van der Waals surface area contributed by atoms with Crippen LogP contribution in [0.3, 0.4) is 0 Å². The lowest BCUT2D eigenvalue weighted by molar-refractivity contribution is -0.156. The van der Waals surface area contributed by atoms with E-state index in [9.17, 15) is 18.0 Å². The Morgan fingerprint density at radius 2 is 2.25 bits per heavy atom. The number of nitrogens with zero attached hydrogens (tertiary/aromatic N) is 1. The number of aromatic nitrogens is 1. The van der Waals surface area contributed by atoms with Gasteiger partial charge in [-0.25, -0.2) is 4.98 Å². The summed E-state index contributed by atoms with van der Waals surface area (Å²) < 4.78 is 42.3. The zero-order valence-corrected chi connectivity index (χ0v) is 14.0. The third-order valence-electron chi connectivity index (χ3n) is 3.34. The number of rotatable bonds is 3. The maximum Gasteiger partial charge on any atom is 0.468 e. The average molecular weight is 382 g/mol. The number of carbonyl (C=O) groups is 1. The van der Waals surface area contributed by atoms with Gasteiger partial charge in [0.25, 0.3) is 0 Å². The first-order valence-corrected chi connectivity index (χ1v) is 8.16. The molecular formula is C14H15ClF3N3O2S. The minimum absolute atomic E-state index is 0. The van der Waals surface area contributed by atoms with Gasteiger partial charge in [-0.2, -0.15) is 24.9 Å². The molecule has 0 aliphatic carbocycles. The lowest BCUT2D eigenvalue weighted by atomic mass is 10.2. The summed E-state index contributed by atoms with van der Waals surface area (Å²) in [6.45, 7) is 0.869. The molecule has 1 unspecified atom stereocenters. The maximum atomic E-state index is 12.6. The smallest absolute Gasteiger partial charge is 0.433 e. The minimum atomic E-state index is -4.63. The summed E-state index contributed by atoms with van der Waals surface area (Å²) in [5.74, 6) is 0.413. The maximum absolute atomic E-state index is 12.6. The van der Waals surface area contributed by atoms with Crippen LogP contribution < -0.4 is 10.6 Å². The third kappa shape index (κ3) is 4.55. The fraction of sp³-hybridized carbons (Fsp3) is 0.429. The molecule has 0 saturated carbocycles. The van der Waals surface area contributed by atoms with Crippen LogP contribution in [0.25, 0.3) is 11.1 Å². The number of amides is 1. The van der Waals surface area contributed by atoms with Crippen molar-refractivity contribution < 1.29 is 22.4 Å². The van der Waals surface area contributed by atoms with Crippen molar-refractivity contribution in [2.24, 2.45) is 0 Å². The van der Waals surface area contributed by atoms with Crippen molar-refractivity contribution in [2.75, 3.05) is 23.4 Å². The topological polar surface area (TPSA) is 67.2 Å². The van der Waals surface area contributed by atoms with E-state index in [4.69, 9.17) is 0 Å². The van der Waals surface area contributed by atoms with E-state index in [1.165, 1.54) is 18.2 Å². The highest BCUT2D eigenvalue weighted by atomic mass is 35.5.